The first-order chi connectivity index (χ1) is 9.34. The molecule has 3 heteroatoms. The van der Waals surface area contributed by atoms with Crippen molar-refractivity contribution in [3.05, 3.63) is 35.9 Å². The van der Waals surface area contributed by atoms with Crippen LogP contribution in [0.1, 0.15) is 49.4 Å². The van der Waals surface area contributed by atoms with Gasteiger partial charge in [-0.1, -0.05) is 31.5 Å². The summed E-state index contributed by atoms with van der Waals surface area (Å²) in [7, 11) is 0. The third-order valence-corrected chi connectivity index (χ3v) is 2.95. The van der Waals surface area contributed by atoms with Crippen LogP contribution in [0.2, 0.25) is 0 Å². The topological polar surface area (TPSA) is 38.3 Å². The quantitative estimate of drug-likeness (QED) is 0.519. The number of unbranched alkanes of at least 4 members (excludes halogenated alkanes) is 3. The van der Waals surface area contributed by atoms with Gasteiger partial charge in [-0.25, -0.2) is 4.79 Å². The summed E-state index contributed by atoms with van der Waals surface area (Å²) in [5, 5.41) is 3.40. The molecule has 0 saturated heterocycles. The van der Waals surface area contributed by atoms with E-state index in [1.165, 1.54) is 12.8 Å². The van der Waals surface area contributed by atoms with E-state index in [2.05, 4.69) is 12.2 Å². The van der Waals surface area contributed by atoms with Gasteiger partial charge >= 0.3 is 5.97 Å². The van der Waals surface area contributed by atoms with Crippen molar-refractivity contribution >= 4 is 5.97 Å². The number of hydrogen-bond donors (Lipinski definition) is 1. The zero-order valence-corrected chi connectivity index (χ0v) is 11.9. The van der Waals surface area contributed by atoms with Crippen LogP contribution in [0.3, 0.4) is 0 Å². The van der Waals surface area contributed by atoms with Crippen LogP contribution in [-0.2, 0) is 4.74 Å². The molecule has 0 radical (unpaired) electrons. The third-order valence-electron chi connectivity index (χ3n) is 2.95. The number of carbonyl (C=O) groups excluding carboxylic acids is 1. The Balaban J connectivity index is 1.95. The van der Waals surface area contributed by atoms with Gasteiger partial charge in [-0.15, -0.1) is 0 Å². The van der Waals surface area contributed by atoms with E-state index in [0.717, 1.165) is 32.4 Å². The molecule has 0 aliphatic carbocycles. The second-order valence-electron chi connectivity index (χ2n) is 4.67. The Hall–Kier alpha value is -1.35. The molecule has 1 rings (SSSR count). The maximum absolute atomic E-state index is 11.6. The Kier molecular flexibility index (Phi) is 8.73. The summed E-state index contributed by atoms with van der Waals surface area (Å²) >= 11 is 0. The summed E-state index contributed by atoms with van der Waals surface area (Å²) < 4.78 is 5.21. The van der Waals surface area contributed by atoms with Crippen LogP contribution in [0, 0.1) is 0 Å². The van der Waals surface area contributed by atoms with Crippen LogP contribution in [0.5, 0.6) is 0 Å². The van der Waals surface area contributed by atoms with Gasteiger partial charge in [-0.3, -0.25) is 0 Å². The van der Waals surface area contributed by atoms with E-state index in [1.807, 2.05) is 18.2 Å². The molecule has 0 aliphatic heterocycles. The normalized spacial score (nSPS) is 10.4. The van der Waals surface area contributed by atoms with Crippen LogP contribution < -0.4 is 5.32 Å². The lowest BCUT2D eigenvalue weighted by atomic mass is 10.2. The minimum Gasteiger partial charge on any atom is -0.462 e. The number of hydrogen-bond acceptors (Lipinski definition) is 3. The lowest BCUT2D eigenvalue weighted by molar-refractivity contribution is 0.0498. The molecule has 3 nitrogen and oxygen atoms in total. The second kappa shape index (κ2) is 10.6. The molecule has 0 unspecified atom stereocenters. The van der Waals surface area contributed by atoms with Crippen molar-refractivity contribution in [2.45, 2.75) is 39.0 Å². The molecular formula is C16H25NO2. The van der Waals surface area contributed by atoms with E-state index in [1.54, 1.807) is 12.1 Å². The predicted octanol–water partition coefficient (Wildman–Crippen LogP) is 3.40. The molecule has 0 heterocycles. The molecule has 0 bridgehead atoms. The monoisotopic (exact) mass is 263 g/mol. The maximum Gasteiger partial charge on any atom is 0.338 e. The number of esters is 1. The minimum atomic E-state index is -0.221. The second-order valence-corrected chi connectivity index (χ2v) is 4.67. The zero-order chi connectivity index (χ0) is 13.8. The first-order valence-electron chi connectivity index (χ1n) is 7.27. The van der Waals surface area contributed by atoms with Gasteiger partial charge < -0.3 is 10.1 Å². The van der Waals surface area contributed by atoms with E-state index in [-0.39, 0.29) is 5.97 Å². The number of carbonyl (C=O) groups is 1. The molecule has 106 valence electrons. The van der Waals surface area contributed by atoms with E-state index < -0.39 is 0 Å². The molecule has 0 aliphatic rings. The van der Waals surface area contributed by atoms with Crippen LogP contribution >= 0.6 is 0 Å². The van der Waals surface area contributed by atoms with Crippen LogP contribution in [-0.4, -0.2) is 25.7 Å². The highest BCUT2D eigenvalue weighted by Crippen LogP contribution is 2.02. The van der Waals surface area contributed by atoms with E-state index in [0.29, 0.717) is 12.2 Å². The van der Waals surface area contributed by atoms with Crippen molar-refractivity contribution in [2.75, 3.05) is 19.7 Å². The van der Waals surface area contributed by atoms with Gasteiger partial charge in [0, 0.05) is 0 Å². The summed E-state index contributed by atoms with van der Waals surface area (Å²) in [6.45, 7) is 4.89. The van der Waals surface area contributed by atoms with Gasteiger partial charge in [0.1, 0.15) is 0 Å². The first kappa shape index (κ1) is 15.7. The Labute approximate surface area is 116 Å². The van der Waals surface area contributed by atoms with Crippen LogP contribution in [0.4, 0.5) is 0 Å². The fraction of sp³-hybridized carbons (Fsp3) is 0.562. The standard InChI is InChI=1S/C16H25NO2/c1-2-3-12-17-13-8-5-9-14-19-16(18)15-10-6-4-7-11-15/h4,6-7,10-11,17H,2-3,5,8-9,12-14H2,1H3. The van der Waals surface area contributed by atoms with Crippen molar-refractivity contribution in [1.29, 1.82) is 0 Å². The summed E-state index contributed by atoms with van der Waals surface area (Å²) in [5.74, 6) is -0.221. The SMILES string of the molecule is CCCCNCCCCCOC(=O)c1ccccc1. The molecule has 1 N–H and O–H groups in total. The van der Waals surface area contributed by atoms with Crippen LogP contribution in [0.25, 0.3) is 0 Å². The van der Waals surface area contributed by atoms with Gasteiger partial charge in [0.25, 0.3) is 0 Å². The highest BCUT2D eigenvalue weighted by Gasteiger charge is 2.04. The number of ether oxygens (including phenoxy) is 1. The summed E-state index contributed by atoms with van der Waals surface area (Å²) in [6.07, 6.45) is 5.67. The number of rotatable bonds is 10. The van der Waals surface area contributed by atoms with Crippen molar-refractivity contribution in [3.8, 4) is 0 Å². The summed E-state index contributed by atoms with van der Waals surface area (Å²) in [6, 6.07) is 9.14. The lowest BCUT2D eigenvalue weighted by Crippen LogP contribution is -2.16. The maximum atomic E-state index is 11.6. The number of nitrogens with one attached hydrogen (secondary N) is 1. The zero-order valence-electron chi connectivity index (χ0n) is 11.9. The minimum absolute atomic E-state index is 0.221. The molecule has 0 amide bonds. The lowest BCUT2D eigenvalue weighted by Gasteiger charge is -2.05. The predicted molar refractivity (Wildman–Crippen MR) is 78.4 cm³/mol. The Morgan fingerprint density at radius 1 is 1.05 bits per heavy atom. The van der Waals surface area contributed by atoms with Crippen molar-refractivity contribution in [3.63, 3.8) is 0 Å². The Morgan fingerprint density at radius 3 is 2.53 bits per heavy atom. The molecule has 0 spiro atoms. The largest absolute Gasteiger partial charge is 0.462 e. The van der Waals surface area contributed by atoms with Gasteiger partial charge in [0.05, 0.1) is 12.2 Å². The van der Waals surface area contributed by atoms with E-state index in [4.69, 9.17) is 4.74 Å². The van der Waals surface area contributed by atoms with Gasteiger partial charge in [-0.05, 0) is 50.9 Å². The molecule has 0 aromatic heterocycles. The molecule has 1 aromatic rings. The first-order valence-corrected chi connectivity index (χ1v) is 7.27. The van der Waals surface area contributed by atoms with Crippen molar-refractivity contribution in [2.24, 2.45) is 0 Å². The van der Waals surface area contributed by atoms with Gasteiger partial charge in [-0.2, -0.15) is 0 Å². The Morgan fingerprint density at radius 2 is 1.79 bits per heavy atom. The molecule has 0 fully saturated rings. The molecule has 0 saturated carbocycles. The molecule has 0 atom stereocenters. The van der Waals surface area contributed by atoms with Gasteiger partial charge in [0.2, 0.25) is 0 Å². The van der Waals surface area contributed by atoms with Gasteiger partial charge in [0.15, 0.2) is 0 Å². The smallest absolute Gasteiger partial charge is 0.338 e. The molecular weight excluding hydrogens is 238 g/mol. The van der Waals surface area contributed by atoms with Crippen LogP contribution in [0.15, 0.2) is 30.3 Å². The molecule has 1 aromatic carbocycles. The molecule has 19 heavy (non-hydrogen) atoms. The summed E-state index contributed by atoms with van der Waals surface area (Å²) in [5.41, 5.74) is 0.628. The average molecular weight is 263 g/mol. The highest BCUT2D eigenvalue weighted by molar-refractivity contribution is 5.89. The van der Waals surface area contributed by atoms with Crippen molar-refractivity contribution in [1.82, 2.24) is 5.32 Å². The van der Waals surface area contributed by atoms with E-state index in [9.17, 15) is 4.79 Å². The van der Waals surface area contributed by atoms with E-state index >= 15 is 0 Å². The highest BCUT2D eigenvalue weighted by atomic mass is 16.5. The summed E-state index contributed by atoms with van der Waals surface area (Å²) in [4.78, 5) is 11.6. The average Bonchev–Trinajstić information content (AvgIpc) is 2.46. The van der Waals surface area contributed by atoms with Crippen molar-refractivity contribution < 1.29 is 9.53 Å². The number of benzene rings is 1. The third kappa shape index (κ3) is 7.62. The fourth-order valence-electron chi connectivity index (χ4n) is 1.78. The fourth-order valence-corrected chi connectivity index (χ4v) is 1.78. The Bertz CT molecular complexity index is 338.